The number of nitrogens with one attached hydrogen (secondary N) is 4. The lowest BCUT2D eigenvalue weighted by Crippen LogP contribution is -2.54. The molecule has 344 valence electrons. The average Bonchev–Trinajstić information content (AvgIpc) is 3.51. The van der Waals surface area contributed by atoms with Crippen LogP contribution in [0.2, 0.25) is 5.02 Å². The minimum absolute atomic E-state index is 0.0781. The molecule has 0 aliphatic carbocycles. The quantitative estimate of drug-likeness (QED) is 0.0937. The molecule has 4 aromatic rings. The van der Waals surface area contributed by atoms with Gasteiger partial charge < -0.3 is 30.5 Å². The molecule has 18 heteroatoms. The molecule has 2 atom stereocenters. The van der Waals surface area contributed by atoms with E-state index in [1.807, 2.05) is 26.0 Å². The number of hydrogen-bond donors (Lipinski definition) is 4. The van der Waals surface area contributed by atoms with E-state index in [-0.39, 0.29) is 57.8 Å². The molecule has 4 aliphatic rings. The van der Waals surface area contributed by atoms with Crippen molar-refractivity contribution in [2.24, 2.45) is 5.92 Å². The maximum Gasteiger partial charge on any atom is 0.262 e. The lowest BCUT2D eigenvalue weighted by molar-refractivity contribution is -0.136. The molecule has 4 aliphatic heterocycles. The van der Waals surface area contributed by atoms with Crippen LogP contribution in [0, 0.1) is 12.8 Å². The van der Waals surface area contributed by atoms with Gasteiger partial charge in [-0.2, -0.15) is 4.98 Å². The molecule has 2 unspecified atom stereocenters. The zero-order chi connectivity index (χ0) is 46.2. The lowest BCUT2D eigenvalue weighted by Gasteiger charge is -2.39. The third-order valence-corrected chi connectivity index (χ3v) is 15.0. The van der Waals surface area contributed by atoms with Gasteiger partial charge >= 0.3 is 0 Å². The fourth-order valence-corrected chi connectivity index (χ4v) is 10.5. The first-order valence-corrected chi connectivity index (χ1v) is 24.3. The van der Waals surface area contributed by atoms with Crippen LogP contribution in [0.3, 0.4) is 0 Å². The van der Waals surface area contributed by atoms with Gasteiger partial charge in [-0.15, -0.1) is 0 Å². The van der Waals surface area contributed by atoms with Crippen LogP contribution in [-0.4, -0.2) is 108 Å². The molecule has 0 radical (unpaired) electrons. The summed E-state index contributed by atoms with van der Waals surface area (Å²) in [5.74, 6) is -0.341. The monoisotopic (exact) mass is 925 g/mol. The van der Waals surface area contributed by atoms with Crippen molar-refractivity contribution in [2.75, 3.05) is 53.6 Å². The van der Waals surface area contributed by atoms with E-state index in [0.29, 0.717) is 23.0 Å². The Balaban J connectivity index is 0.882. The first-order chi connectivity index (χ1) is 31.0. The number of likely N-dealkylation sites (tertiary alicyclic amines) is 1. The number of halogens is 1. The Bertz CT molecular complexity index is 2620. The van der Waals surface area contributed by atoms with Gasteiger partial charge in [0, 0.05) is 56.1 Å². The van der Waals surface area contributed by atoms with Crippen molar-refractivity contribution in [3.63, 3.8) is 0 Å². The van der Waals surface area contributed by atoms with Crippen LogP contribution in [0.25, 0.3) is 0 Å². The highest BCUT2D eigenvalue weighted by atomic mass is 35.5. The summed E-state index contributed by atoms with van der Waals surface area (Å²) in [7, 11) is -3.59. The fourth-order valence-electron chi connectivity index (χ4n) is 9.16. The molecule has 5 heterocycles. The van der Waals surface area contributed by atoms with Gasteiger partial charge in [-0.25, -0.2) is 13.4 Å². The largest absolute Gasteiger partial charge is 0.489 e. The maximum atomic E-state index is 13.4. The second-order valence-electron chi connectivity index (χ2n) is 17.9. The predicted octanol–water partition coefficient (Wildman–Crippen LogP) is 7.09. The number of carbonyl (C=O) groups excluding carboxylic acids is 4. The van der Waals surface area contributed by atoms with E-state index < -0.39 is 44.8 Å². The number of piperidine rings is 3. The normalized spacial score (nSPS) is 19.8. The summed E-state index contributed by atoms with van der Waals surface area (Å²) in [6.45, 7) is 14.0. The van der Waals surface area contributed by atoms with Crippen LogP contribution in [-0.2, 0) is 19.4 Å². The molecule has 0 spiro atoms. The molecule has 3 fully saturated rings. The van der Waals surface area contributed by atoms with Gasteiger partial charge in [0.25, 0.3) is 11.8 Å². The van der Waals surface area contributed by atoms with Crippen molar-refractivity contribution in [3.05, 3.63) is 82.5 Å². The fraction of sp³-hybridized carbons (Fsp3) is 0.447. The molecular formula is C47H56ClN9O7S. The summed E-state index contributed by atoms with van der Waals surface area (Å²) in [6.07, 6.45) is 5.65. The number of amides is 4. The summed E-state index contributed by atoms with van der Waals surface area (Å²) in [4.78, 5) is 66.0. The van der Waals surface area contributed by atoms with Gasteiger partial charge in [-0.1, -0.05) is 23.7 Å². The van der Waals surface area contributed by atoms with Crippen LogP contribution < -0.4 is 30.9 Å². The molecule has 3 aromatic carbocycles. The van der Waals surface area contributed by atoms with Gasteiger partial charge in [0.1, 0.15) is 16.8 Å². The van der Waals surface area contributed by atoms with Crippen molar-refractivity contribution in [2.45, 2.75) is 101 Å². The highest BCUT2D eigenvalue weighted by molar-refractivity contribution is 7.92. The topological polar surface area (TPSA) is 195 Å². The summed E-state index contributed by atoms with van der Waals surface area (Å²) in [5.41, 5.74) is 4.52. The van der Waals surface area contributed by atoms with E-state index >= 15 is 0 Å². The maximum absolute atomic E-state index is 13.4. The molecule has 4 amide bonds. The number of nitrogens with zero attached hydrogens (tertiary/aromatic N) is 5. The van der Waals surface area contributed by atoms with Gasteiger partial charge in [-0.3, -0.25) is 29.4 Å². The zero-order valence-electron chi connectivity index (χ0n) is 37.3. The zero-order valence-corrected chi connectivity index (χ0v) is 38.9. The van der Waals surface area contributed by atoms with Crippen LogP contribution in [0.5, 0.6) is 5.75 Å². The number of rotatable bonds is 14. The number of carbonyl (C=O) groups is 4. The first kappa shape index (κ1) is 45.8. The number of imide groups is 2. The molecule has 65 heavy (non-hydrogen) atoms. The number of benzene rings is 3. The number of para-hydroxylation sites is 1. The third-order valence-electron chi connectivity index (χ3n) is 12.5. The van der Waals surface area contributed by atoms with Crippen molar-refractivity contribution in [3.8, 4) is 5.75 Å². The smallest absolute Gasteiger partial charge is 0.262 e. The van der Waals surface area contributed by atoms with Gasteiger partial charge in [0.15, 0.2) is 15.7 Å². The summed E-state index contributed by atoms with van der Waals surface area (Å²) >= 11 is 6.53. The standard InChI is InChI=1S/C47H56ClN9O7S/c1-27(2)64-40-23-39(29(5)21-37(40)52-47-49-24-35(48)43(54-47)51-36-10-6-7-11-41(36)65(62,63)28(3)4)56-19-16-30(17-20-56)25-55-18-8-9-32(26-55)50-31-12-13-33-34(22-31)46(61)57(45(33)60)38-14-15-42(58)53-44(38)59/h6-7,10-13,21-24,27-28,30,32,38,50H,8-9,14-20,25-26H2,1-5H3,(H,53,58,59)(H2,49,51,52,54). The van der Waals surface area contributed by atoms with Crippen molar-refractivity contribution in [1.82, 2.24) is 25.1 Å². The molecule has 0 bridgehead atoms. The highest BCUT2D eigenvalue weighted by Crippen LogP contribution is 2.38. The number of fused-ring (bicyclic) bond motifs is 1. The Morgan fingerprint density at radius 2 is 1.65 bits per heavy atom. The van der Waals surface area contributed by atoms with Crippen LogP contribution in [0.15, 0.2) is 65.7 Å². The Labute approximate surface area is 384 Å². The van der Waals surface area contributed by atoms with Crippen LogP contribution in [0.4, 0.5) is 34.5 Å². The number of ether oxygens (including phenoxy) is 1. The molecule has 0 saturated carbocycles. The third kappa shape index (κ3) is 9.92. The lowest BCUT2D eigenvalue weighted by atomic mass is 9.94. The number of aromatic nitrogens is 2. The van der Waals surface area contributed by atoms with Crippen molar-refractivity contribution < 1.29 is 32.3 Å². The second kappa shape index (κ2) is 19.0. The van der Waals surface area contributed by atoms with E-state index in [0.717, 1.165) is 80.2 Å². The SMILES string of the molecule is Cc1cc(Nc2ncc(Cl)c(Nc3ccccc3S(=O)(=O)C(C)C)n2)c(OC(C)C)cc1N1CCC(CN2CCCC(Nc3ccc4c(c3)C(=O)N(C3CCC(=O)NC3=O)C4=O)C2)CC1. The average molecular weight is 927 g/mol. The summed E-state index contributed by atoms with van der Waals surface area (Å²) in [5, 5.41) is 11.9. The number of hydrogen-bond acceptors (Lipinski definition) is 14. The minimum atomic E-state index is -3.59. The Kier molecular flexibility index (Phi) is 13.4. The van der Waals surface area contributed by atoms with Gasteiger partial charge in [-0.05, 0) is 121 Å². The number of sulfone groups is 1. The Hall–Kier alpha value is -5.78. The van der Waals surface area contributed by atoms with Gasteiger partial charge in [0.05, 0.1) is 44.9 Å². The predicted molar refractivity (Wildman–Crippen MR) is 250 cm³/mol. The van der Waals surface area contributed by atoms with Crippen molar-refractivity contribution in [1.29, 1.82) is 0 Å². The summed E-state index contributed by atoms with van der Waals surface area (Å²) in [6, 6.07) is 15.2. The minimum Gasteiger partial charge on any atom is -0.489 e. The van der Waals surface area contributed by atoms with E-state index in [4.69, 9.17) is 16.3 Å². The molecular weight excluding hydrogens is 870 g/mol. The second-order valence-corrected chi connectivity index (χ2v) is 20.8. The van der Waals surface area contributed by atoms with Crippen LogP contribution in [0.1, 0.15) is 92.5 Å². The van der Waals surface area contributed by atoms with Crippen molar-refractivity contribution >= 4 is 79.6 Å². The van der Waals surface area contributed by atoms with E-state index in [2.05, 4.69) is 54.0 Å². The van der Waals surface area contributed by atoms with E-state index in [9.17, 15) is 27.6 Å². The van der Waals surface area contributed by atoms with E-state index in [1.54, 1.807) is 50.2 Å². The Morgan fingerprint density at radius 3 is 2.38 bits per heavy atom. The Morgan fingerprint density at radius 1 is 0.892 bits per heavy atom. The molecule has 16 nitrogen and oxygen atoms in total. The first-order valence-electron chi connectivity index (χ1n) is 22.4. The number of aryl methyl sites for hydroxylation is 1. The van der Waals surface area contributed by atoms with Crippen LogP contribution >= 0.6 is 11.6 Å². The number of anilines is 6. The van der Waals surface area contributed by atoms with E-state index in [1.165, 1.54) is 6.20 Å². The molecule has 3 saturated heterocycles. The molecule has 8 rings (SSSR count). The summed E-state index contributed by atoms with van der Waals surface area (Å²) < 4.78 is 32.6. The molecule has 4 N–H and O–H groups in total. The molecule has 1 aromatic heterocycles. The van der Waals surface area contributed by atoms with Gasteiger partial charge in [0.2, 0.25) is 17.8 Å². The highest BCUT2D eigenvalue weighted by Gasteiger charge is 2.45.